The lowest BCUT2D eigenvalue weighted by atomic mass is 9.95. The summed E-state index contributed by atoms with van der Waals surface area (Å²) in [5.41, 5.74) is 3.45. The van der Waals surface area contributed by atoms with Crippen LogP contribution in [0.15, 0.2) is 18.2 Å². The molecule has 1 saturated heterocycles. The number of piperidine rings is 1. The smallest absolute Gasteiger partial charge is 0.281 e. The van der Waals surface area contributed by atoms with Crippen molar-refractivity contribution in [1.29, 1.82) is 0 Å². The second-order valence-corrected chi connectivity index (χ2v) is 9.20. The van der Waals surface area contributed by atoms with Crippen molar-refractivity contribution in [3.05, 3.63) is 34.9 Å². The van der Waals surface area contributed by atoms with Gasteiger partial charge in [-0.05, 0) is 44.7 Å². The van der Waals surface area contributed by atoms with Gasteiger partial charge in [-0.25, -0.2) is 0 Å². The van der Waals surface area contributed by atoms with E-state index >= 15 is 0 Å². The quantitative estimate of drug-likeness (QED) is 0.865. The first kappa shape index (κ1) is 19.9. The zero-order valence-corrected chi connectivity index (χ0v) is 16.6. The van der Waals surface area contributed by atoms with E-state index in [0.29, 0.717) is 25.9 Å². The Morgan fingerprint density at radius 2 is 1.84 bits per heavy atom. The molecular formula is C18H29N3O3S. The summed E-state index contributed by atoms with van der Waals surface area (Å²) >= 11 is 0. The molecule has 0 saturated carbocycles. The van der Waals surface area contributed by atoms with Gasteiger partial charge in [0.1, 0.15) is 0 Å². The summed E-state index contributed by atoms with van der Waals surface area (Å²) in [7, 11) is -0.335. The van der Waals surface area contributed by atoms with Crippen molar-refractivity contribution in [3.63, 3.8) is 0 Å². The molecule has 2 rings (SSSR count). The maximum Gasteiger partial charge on any atom is 0.281 e. The Hall–Kier alpha value is -1.44. The fourth-order valence-corrected chi connectivity index (χ4v) is 4.35. The predicted molar refractivity (Wildman–Crippen MR) is 99.4 cm³/mol. The Morgan fingerprint density at radius 1 is 1.24 bits per heavy atom. The van der Waals surface area contributed by atoms with E-state index in [2.05, 4.69) is 23.5 Å². The third-order valence-electron chi connectivity index (χ3n) is 4.87. The standard InChI is InChI=1S/C18H29N3O3S/c1-13-6-7-14(2)17(12-13)15(3)19-18(22)16-8-10-21(11-9-16)25(23,24)20(4)5/h6-7,12,15-16H,8-11H2,1-5H3,(H,19,22)/t15-/m0/s1. The maximum atomic E-state index is 12.6. The summed E-state index contributed by atoms with van der Waals surface area (Å²) in [4.78, 5) is 12.6. The highest BCUT2D eigenvalue weighted by atomic mass is 32.2. The van der Waals surface area contributed by atoms with Crippen LogP contribution in [0.5, 0.6) is 0 Å². The predicted octanol–water partition coefficient (Wildman–Crippen LogP) is 2.00. The molecule has 1 heterocycles. The molecule has 0 radical (unpaired) electrons. The van der Waals surface area contributed by atoms with Gasteiger partial charge < -0.3 is 5.32 Å². The van der Waals surface area contributed by atoms with Crippen molar-refractivity contribution >= 4 is 16.1 Å². The molecule has 140 valence electrons. The first-order chi connectivity index (χ1) is 11.6. The highest BCUT2D eigenvalue weighted by Gasteiger charge is 2.32. The normalized spacial score (nSPS) is 18.3. The van der Waals surface area contributed by atoms with Gasteiger partial charge in [0.05, 0.1) is 6.04 Å². The molecule has 1 aliphatic heterocycles. The van der Waals surface area contributed by atoms with Crippen LogP contribution in [0.1, 0.15) is 42.5 Å². The van der Waals surface area contributed by atoms with Gasteiger partial charge >= 0.3 is 0 Å². The van der Waals surface area contributed by atoms with Crippen LogP contribution in [0.4, 0.5) is 0 Å². The van der Waals surface area contributed by atoms with Crippen molar-refractivity contribution in [2.45, 2.75) is 39.7 Å². The molecule has 1 fully saturated rings. The van der Waals surface area contributed by atoms with Crippen LogP contribution in [0.3, 0.4) is 0 Å². The Morgan fingerprint density at radius 3 is 2.40 bits per heavy atom. The van der Waals surface area contributed by atoms with Gasteiger partial charge in [0.25, 0.3) is 10.2 Å². The van der Waals surface area contributed by atoms with Crippen LogP contribution in [-0.4, -0.2) is 50.1 Å². The van der Waals surface area contributed by atoms with Crippen LogP contribution >= 0.6 is 0 Å². The number of amides is 1. The average molecular weight is 368 g/mol. The molecule has 1 amide bonds. The van der Waals surface area contributed by atoms with E-state index in [1.807, 2.05) is 20.8 Å². The van der Waals surface area contributed by atoms with Gasteiger partial charge in [-0.3, -0.25) is 4.79 Å². The first-order valence-corrected chi connectivity index (χ1v) is 10.1. The highest BCUT2D eigenvalue weighted by Crippen LogP contribution is 2.23. The topological polar surface area (TPSA) is 69.7 Å². The van der Waals surface area contributed by atoms with E-state index in [9.17, 15) is 13.2 Å². The maximum absolute atomic E-state index is 12.6. The van der Waals surface area contributed by atoms with Crippen molar-refractivity contribution in [1.82, 2.24) is 13.9 Å². The summed E-state index contributed by atoms with van der Waals surface area (Å²) in [6.45, 7) is 6.85. The van der Waals surface area contributed by atoms with Gasteiger partial charge in [0.2, 0.25) is 5.91 Å². The number of carbonyl (C=O) groups excluding carboxylic acids is 1. The van der Waals surface area contributed by atoms with E-state index in [0.717, 1.165) is 11.1 Å². The van der Waals surface area contributed by atoms with Gasteiger partial charge in [0.15, 0.2) is 0 Å². The van der Waals surface area contributed by atoms with Crippen LogP contribution < -0.4 is 5.32 Å². The molecule has 0 aromatic heterocycles. The van der Waals surface area contributed by atoms with Gasteiger partial charge in [-0.15, -0.1) is 0 Å². The number of aryl methyl sites for hydroxylation is 2. The minimum atomic E-state index is -3.39. The van der Waals surface area contributed by atoms with Gasteiger partial charge in [-0.1, -0.05) is 23.8 Å². The Balaban J connectivity index is 1.96. The molecule has 0 spiro atoms. The molecule has 1 aliphatic rings. The van der Waals surface area contributed by atoms with Crippen LogP contribution in [-0.2, 0) is 15.0 Å². The Labute approximate surface area is 151 Å². The SMILES string of the molecule is Cc1ccc(C)c([C@H](C)NC(=O)C2CCN(S(=O)(=O)N(C)C)CC2)c1. The van der Waals surface area contributed by atoms with Crippen molar-refractivity contribution in [3.8, 4) is 0 Å². The molecule has 0 bridgehead atoms. The molecule has 1 N–H and O–H groups in total. The summed E-state index contributed by atoms with van der Waals surface area (Å²) in [6.07, 6.45) is 1.11. The first-order valence-electron chi connectivity index (χ1n) is 8.68. The highest BCUT2D eigenvalue weighted by molar-refractivity contribution is 7.86. The lowest BCUT2D eigenvalue weighted by Gasteiger charge is -2.32. The summed E-state index contributed by atoms with van der Waals surface area (Å²) in [6, 6.07) is 6.18. The van der Waals surface area contributed by atoms with E-state index in [1.165, 1.54) is 28.3 Å². The molecule has 1 aromatic rings. The molecule has 7 heteroatoms. The third-order valence-corrected chi connectivity index (χ3v) is 6.81. The van der Waals surface area contributed by atoms with E-state index in [-0.39, 0.29) is 17.9 Å². The molecule has 1 aromatic carbocycles. The minimum absolute atomic E-state index is 0.00954. The van der Waals surface area contributed by atoms with Crippen LogP contribution in [0.2, 0.25) is 0 Å². The number of hydrogen-bond acceptors (Lipinski definition) is 3. The molecule has 25 heavy (non-hydrogen) atoms. The fourth-order valence-electron chi connectivity index (χ4n) is 3.22. The number of benzene rings is 1. The average Bonchev–Trinajstić information content (AvgIpc) is 2.56. The zero-order valence-electron chi connectivity index (χ0n) is 15.7. The van der Waals surface area contributed by atoms with Crippen molar-refractivity contribution in [2.24, 2.45) is 5.92 Å². The lowest BCUT2D eigenvalue weighted by molar-refractivity contribution is -0.126. The third kappa shape index (κ3) is 4.59. The van der Waals surface area contributed by atoms with Crippen molar-refractivity contribution in [2.75, 3.05) is 27.2 Å². The van der Waals surface area contributed by atoms with Crippen LogP contribution in [0, 0.1) is 19.8 Å². The second-order valence-electron chi connectivity index (χ2n) is 7.05. The second kappa shape index (κ2) is 7.85. The summed E-state index contributed by atoms with van der Waals surface area (Å²) in [5.74, 6) is -0.128. The summed E-state index contributed by atoms with van der Waals surface area (Å²) in [5, 5.41) is 3.09. The van der Waals surface area contributed by atoms with Crippen molar-refractivity contribution < 1.29 is 13.2 Å². The molecule has 0 unspecified atom stereocenters. The molecule has 0 aliphatic carbocycles. The summed E-state index contributed by atoms with van der Waals surface area (Å²) < 4.78 is 27.0. The zero-order chi connectivity index (χ0) is 18.8. The molecule has 1 atom stereocenters. The fraction of sp³-hybridized carbons (Fsp3) is 0.611. The number of nitrogens with zero attached hydrogens (tertiary/aromatic N) is 2. The van der Waals surface area contributed by atoms with E-state index in [4.69, 9.17) is 0 Å². The number of rotatable bonds is 5. The largest absolute Gasteiger partial charge is 0.349 e. The lowest BCUT2D eigenvalue weighted by Crippen LogP contribution is -2.47. The van der Waals surface area contributed by atoms with E-state index in [1.54, 1.807) is 0 Å². The number of nitrogens with one attached hydrogen (secondary N) is 1. The minimum Gasteiger partial charge on any atom is -0.349 e. The molecular weight excluding hydrogens is 338 g/mol. The van der Waals surface area contributed by atoms with Gasteiger partial charge in [-0.2, -0.15) is 17.0 Å². The monoisotopic (exact) mass is 367 g/mol. The van der Waals surface area contributed by atoms with E-state index < -0.39 is 10.2 Å². The Bertz CT molecular complexity index is 723. The Kier molecular flexibility index (Phi) is 6.24. The number of hydrogen-bond donors (Lipinski definition) is 1. The molecule has 6 nitrogen and oxygen atoms in total. The van der Waals surface area contributed by atoms with Crippen LogP contribution in [0.25, 0.3) is 0 Å². The van der Waals surface area contributed by atoms with Gasteiger partial charge in [0, 0.05) is 33.1 Å². The number of carbonyl (C=O) groups is 1.